The summed E-state index contributed by atoms with van der Waals surface area (Å²) in [7, 11) is 0. The minimum Gasteiger partial charge on any atom is -0.324 e. The van der Waals surface area contributed by atoms with Crippen molar-refractivity contribution in [1.29, 1.82) is 0 Å². The van der Waals surface area contributed by atoms with Crippen molar-refractivity contribution in [1.82, 2.24) is 0 Å². The zero-order valence-electron chi connectivity index (χ0n) is 13.8. The van der Waals surface area contributed by atoms with Crippen molar-refractivity contribution in [2.24, 2.45) is 28.4 Å². The van der Waals surface area contributed by atoms with Crippen LogP contribution in [0.5, 0.6) is 0 Å². The first kappa shape index (κ1) is 14.6. The predicted octanol–water partition coefficient (Wildman–Crippen LogP) is 3.17. The van der Waals surface area contributed by atoms with Gasteiger partial charge in [-0.3, -0.25) is 9.59 Å². The number of nitrogens with two attached hydrogens (primary N) is 1. The molecule has 0 aromatic heterocycles. The van der Waals surface area contributed by atoms with E-state index in [0.29, 0.717) is 36.2 Å². The summed E-state index contributed by atoms with van der Waals surface area (Å²) in [6.07, 6.45) is 9.10. The minimum absolute atomic E-state index is 0.0448. The summed E-state index contributed by atoms with van der Waals surface area (Å²) in [6, 6.07) is 0. The molecule has 3 heteroatoms. The average Bonchev–Trinajstić information content (AvgIpc) is 2.76. The van der Waals surface area contributed by atoms with E-state index in [9.17, 15) is 9.59 Å². The molecule has 120 valence electrons. The number of carbonyl (C=O) groups is 2. The van der Waals surface area contributed by atoms with E-state index < -0.39 is 0 Å². The van der Waals surface area contributed by atoms with Gasteiger partial charge in [0.2, 0.25) is 0 Å². The van der Waals surface area contributed by atoms with E-state index in [1.54, 1.807) is 0 Å². The predicted molar refractivity (Wildman–Crippen MR) is 85.1 cm³/mol. The number of ketones is 2. The zero-order valence-corrected chi connectivity index (χ0v) is 13.8. The SMILES string of the molecule is C[C@@]12CC=C3[C@@H](CC[C@@]4(N)CC(=O)CC[C@]34C)[C@H]1CCC2=O. The molecule has 0 aliphatic heterocycles. The Bertz CT molecular complexity index is 594. The van der Waals surface area contributed by atoms with Crippen LogP contribution in [-0.4, -0.2) is 17.1 Å². The molecule has 2 N–H and O–H groups in total. The standard InChI is InChI=1S/C19H27NO2/c1-17-8-7-15-13(14(17)3-4-16(17)22)6-10-19(20)11-12(21)5-9-18(15,19)2/h7,13-14H,3-6,8-11,20H2,1-2H3/t13-,14+,17+,18+,19+/m0/s1. The first-order chi connectivity index (χ1) is 10.3. The maximum absolute atomic E-state index is 12.4. The van der Waals surface area contributed by atoms with Crippen LogP contribution in [0.25, 0.3) is 0 Å². The molecular formula is C19H27NO2. The van der Waals surface area contributed by atoms with Crippen molar-refractivity contribution < 1.29 is 9.59 Å². The van der Waals surface area contributed by atoms with Gasteiger partial charge in [0.1, 0.15) is 11.6 Å². The van der Waals surface area contributed by atoms with Gasteiger partial charge in [-0.05, 0) is 43.9 Å². The molecule has 0 heterocycles. The number of carbonyl (C=O) groups excluding carboxylic acids is 2. The van der Waals surface area contributed by atoms with Crippen molar-refractivity contribution in [3.8, 4) is 0 Å². The fraction of sp³-hybridized carbons (Fsp3) is 0.789. The van der Waals surface area contributed by atoms with Gasteiger partial charge in [-0.2, -0.15) is 0 Å². The molecule has 4 aliphatic carbocycles. The Balaban J connectivity index is 1.77. The highest BCUT2D eigenvalue weighted by Gasteiger charge is 2.60. The van der Waals surface area contributed by atoms with E-state index in [2.05, 4.69) is 19.9 Å². The minimum atomic E-state index is -0.360. The van der Waals surface area contributed by atoms with Crippen molar-refractivity contribution in [3.05, 3.63) is 11.6 Å². The smallest absolute Gasteiger partial charge is 0.139 e. The molecule has 3 fully saturated rings. The van der Waals surface area contributed by atoms with Crippen LogP contribution in [0.2, 0.25) is 0 Å². The van der Waals surface area contributed by atoms with E-state index >= 15 is 0 Å². The summed E-state index contributed by atoms with van der Waals surface area (Å²) in [5, 5.41) is 0. The third-order valence-corrected chi connectivity index (χ3v) is 7.82. The molecule has 5 atom stereocenters. The van der Waals surface area contributed by atoms with Crippen LogP contribution in [-0.2, 0) is 9.59 Å². The Morgan fingerprint density at radius 1 is 1.14 bits per heavy atom. The van der Waals surface area contributed by atoms with Crippen LogP contribution >= 0.6 is 0 Å². The highest BCUT2D eigenvalue weighted by Crippen LogP contribution is 2.63. The highest BCUT2D eigenvalue weighted by atomic mass is 16.1. The number of rotatable bonds is 0. The number of hydrogen-bond acceptors (Lipinski definition) is 3. The van der Waals surface area contributed by atoms with Crippen LogP contribution < -0.4 is 5.73 Å². The number of Topliss-reactive ketones (excluding diaryl/α,β-unsaturated/α-hetero) is 2. The lowest BCUT2D eigenvalue weighted by atomic mass is 9.47. The molecule has 22 heavy (non-hydrogen) atoms. The summed E-state index contributed by atoms with van der Waals surface area (Å²) in [5.74, 6) is 1.80. The van der Waals surface area contributed by atoms with Crippen LogP contribution in [0.1, 0.15) is 65.2 Å². The maximum Gasteiger partial charge on any atom is 0.139 e. The summed E-state index contributed by atoms with van der Waals surface area (Å²) in [6.45, 7) is 4.47. The second-order valence-electron chi connectivity index (χ2n) is 8.70. The van der Waals surface area contributed by atoms with Crippen molar-refractivity contribution in [2.45, 2.75) is 70.8 Å². The molecule has 0 spiro atoms. The fourth-order valence-corrected chi connectivity index (χ4v) is 6.17. The Hall–Kier alpha value is -0.960. The lowest BCUT2D eigenvalue weighted by Crippen LogP contribution is -2.63. The summed E-state index contributed by atoms with van der Waals surface area (Å²) in [5.41, 5.74) is 7.72. The normalized spacial score (nSPS) is 51.0. The highest BCUT2D eigenvalue weighted by molar-refractivity contribution is 5.87. The van der Waals surface area contributed by atoms with Crippen LogP contribution in [0, 0.1) is 22.7 Å². The van der Waals surface area contributed by atoms with Gasteiger partial charge in [-0.15, -0.1) is 0 Å². The number of fused-ring (bicyclic) bond motifs is 5. The Morgan fingerprint density at radius 2 is 1.91 bits per heavy atom. The van der Waals surface area contributed by atoms with Gasteiger partial charge in [-0.1, -0.05) is 25.5 Å². The third kappa shape index (κ3) is 1.61. The van der Waals surface area contributed by atoms with Gasteiger partial charge in [-0.25, -0.2) is 0 Å². The largest absolute Gasteiger partial charge is 0.324 e. The van der Waals surface area contributed by atoms with E-state index in [-0.39, 0.29) is 16.4 Å². The van der Waals surface area contributed by atoms with Crippen LogP contribution in [0.4, 0.5) is 0 Å². The Labute approximate surface area is 132 Å². The molecule has 4 aliphatic rings. The van der Waals surface area contributed by atoms with Gasteiger partial charge in [0.15, 0.2) is 0 Å². The van der Waals surface area contributed by atoms with Gasteiger partial charge < -0.3 is 5.73 Å². The Morgan fingerprint density at radius 3 is 2.68 bits per heavy atom. The summed E-state index contributed by atoms with van der Waals surface area (Å²) < 4.78 is 0. The van der Waals surface area contributed by atoms with Gasteiger partial charge in [0, 0.05) is 35.6 Å². The van der Waals surface area contributed by atoms with E-state index in [4.69, 9.17) is 5.73 Å². The molecule has 0 unspecified atom stereocenters. The second kappa shape index (κ2) is 4.31. The number of hydrogen-bond donors (Lipinski definition) is 1. The number of allylic oxidation sites excluding steroid dienone is 1. The monoisotopic (exact) mass is 301 g/mol. The average molecular weight is 301 g/mol. The first-order valence-corrected chi connectivity index (χ1v) is 8.85. The molecule has 4 rings (SSSR count). The Kier molecular flexibility index (Phi) is 2.87. The molecule has 3 saturated carbocycles. The van der Waals surface area contributed by atoms with E-state index in [0.717, 1.165) is 38.5 Å². The van der Waals surface area contributed by atoms with Crippen LogP contribution in [0.3, 0.4) is 0 Å². The lowest BCUT2D eigenvalue weighted by molar-refractivity contribution is -0.128. The first-order valence-electron chi connectivity index (χ1n) is 8.85. The second-order valence-corrected chi connectivity index (χ2v) is 8.70. The molecule has 0 saturated heterocycles. The van der Waals surface area contributed by atoms with E-state index in [1.807, 2.05) is 0 Å². The van der Waals surface area contributed by atoms with Crippen molar-refractivity contribution >= 4 is 11.6 Å². The van der Waals surface area contributed by atoms with Crippen molar-refractivity contribution in [2.75, 3.05) is 0 Å². The summed E-state index contributed by atoms with van der Waals surface area (Å²) >= 11 is 0. The molecule has 3 nitrogen and oxygen atoms in total. The lowest BCUT2D eigenvalue weighted by Gasteiger charge is -2.59. The molecule has 0 radical (unpaired) electrons. The molecule has 0 aromatic rings. The van der Waals surface area contributed by atoms with E-state index in [1.165, 1.54) is 5.57 Å². The van der Waals surface area contributed by atoms with Gasteiger partial charge in [0.05, 0.1) is 0 Å². The maximum atomic E-state index is 12.4. The van der Waals surface area contributed by atoms with Crippen LogP contribution in [0.15, 0.2) is 11.6 Å². The van der Waals surface area contributed by atoms with Gasteiger partial charge in [0.25, 0.3) is 0 Å². The topological polar surface area (TPSA) is 60.2 Å². The van der Waals surface area contributed by atoms with Crippen molar-refractivity contribution in [3.63, 3.8) is 0 Å². The fourth-order valence-electron chi connectivity index (χ4n) is 6.17. The van der Waals surface area contributed by atoms with Gasteiger partial charge >= 0.3 is 0 Å². The molecule has 0 amide bonds. The molecule has 0 bridgehead atoms. The summed E-state index contributed by atoms with van der Waals surface area (Å²) in [4.78, 5) is 24.3. The molecular weight excluding hydrogens is 274 g/mol. The quantitative estimate of drug-likeness (QED) is 0.699. The molecule has 0 aromatic carbocycles. The third-order valence-electron chi connectivity index (χ3n) is 7.82. The zero-order chi connectivity index (χ0) is 15.8.